The van der Waals surface area contributed by atoms with Crippen LogP contribution < -0.4 is 4.74 Å². The lowest BCUT2D eigenvalue weighted by molar-refractivity contribution is 0.403. The first-order chi connectivity index (χ1) is 8.52. The number of furan rings is 1. The van der Waals surface area contributed by atoms with Gasteiger partial charge < -0.3 is 9.15 Å². The Morgan fingerprint density at radius 2 is 2.06 bits per heavy atom. The van der Waals surface area contributed by atoms with E-state index in [4.69, 9.17) is 20.8 Å². The van der Waals surface area contributed by atoms with Crippen LogP contribution in [-0.2, 0) is 0 Å². The molecule has 18 heavy (non-hydrogen) atoms. The second kappa shape index (κ2) is 5.63. The maximum Gasteiger partial charge on any atom is 0.169 e. The molecule has 0 radical (unpaired) electrons. The molecule has 0 aliphatic carbocycles. The van der Waals surface area contributed by atoms with Crippen LogP contribution in [0.25, 0.3) is 0 Å². The highest BCUT2D eigenvalue weighted by Gasteiger charge is 2.21. The van der Waals surface area contributed by atoms with E-state index in [0.29, 0.717) is 26.2 Å². The zero-order valence-corrected chi connectivity index (χ0v) is 13.1. The van der Waals surface area contributed by atoms with Gasteiger partial charge in [-0.15, -0.1) is 11.6 Å². The average Bonchev–Trinajstić information content (AvgIpc) is 2.78. The molecular weight excluding hydrogens is 390 g/mol. The van der Waals surface area contributed by atoms with Crippen LogP contribution in [0.3, 0.4) is 0 Å². The number of halogens is 4. The van der Waals surface area contributed by atoms with Crippen molar-refractivity contribution < 1.29 is 13.5 Å². The molecule has 1 unspecified atom stereocenters. The van der Waals surface area contributed by atoms with Crippen LogP contribution in [0.5, 0.6) is 5.75 Å². The molecule has 0 spiro atoms. The Kier molecular flexibility index (Phi) is 4.35. The summed E-state index contributed by atoms with van der Waals surface area (Å²) in [6.45, 7) is 0. The van der Waals surface area contributed by atoms with E-state index < -0.39 is 11.2 Å². The molecule has 1 aromatic heterocycles. The van der Waals surface area contributed by atoms with E-state index in [1.165, 1.54) is 13.2 Å². The molecule has 2 nitrogen and oxygen atoms in total. The Labute approximate surface area is 125 Å². The predicted molar refractivity (Wildman–Crippen MR) is 74.8 cm³/mol. The fourth-order valence-electron chi connectivity index (χ4n) is 1.54. The lowest BCUT2D eigenvalue weighted by atomic mass is 10.1. The number of rotatable bonds is 3. The van der Waals surface area contributed by atoms with E-state index in [2.05, 4.69) is 31.9 Å². The second-order valence-electron chi connectivity index (χ2n) is 3.51. The molecule has 0 fully saturated rings. The normalized spacial score (nSPS) is 12.5. The third kappa shape index (κ3) is 2.73. The molecule has 2 rings (SSSR count). The summed E-state index contributed by atoms with van der Waals surface area (Å²) in [6.07, 6.45) is 0. The van der Waals surface area contributed by atoms with Gasteiger partial charge in [-0.25, -0.2) is 4.39 Å². The van der Waals surface area contributed by atoms with Crippen LogP contribution in [-0.4, -0.2) is 7.11 Å². The molecule has 0 aliphatic rings. The summed E-state index contributed by atoms with van der Waals surface area (Å²) in [7, 11) is 1.47. The molecule has 1 aromatic carbocycles. The molecule has 0 bridgehead atoms. The van der Waals surface area contributed by atoms with Crippen molar-refractivity contribution in [1.82, 2.24) is 0 Å². The molecular formula is C12H8Br2ClFO2. The van der Waals surface area contributed by atoms with Gasteiger partial charge in [0.1, 0.15) is 22.7 Å². The predicted octanol–water partition coefficient (Wildman–Crippen LogP) is 5.28. The van der Waals surface area contributed by atoms with Gasteiger partial charge in [0.25, 0.3) is 0 Å². The minimum Gasteiger partial charge on any atom is -0.496 e. The highest BCUT2D eigenvalue weighted by molar-refractivity contribution is 9.10. The first-order valence-electron chi connectivity index (χ1n) is 4.95. The SMILES string of the molecule is COc1cc(F)c(Br)cc1C(Cl)c1ccc(Br)o1. The monoisotopic (exact) mass is 396 g/mol. The van der Waals surface area contributed by atoms with Crippen molar-refractivity contribution in [1.29, 1.82) is 0 Å². The average molecular weight is 398 g/mol. The highest BCUT2D eigenvalue weighted by atomic mass is 79.9. The molecule has 1 heterocycles. The Hall–Kier alpha value is -0.520. The Morgan fingerprint density at radius 3 is 2.61 bits per heavy atom. The second-order valence-corrected chi connectivity index (χ2v) is 5.59. The van der Waals surface area contributed by atoms with E-state index in [1.807, 2.05) is 0 Å². The van der Waals surface area contributed by atoms with Crippen molar-refractivity contribution in [2.75, 3.05) is 7.11 Å². The molecule has 6 heteroatoms. The van der Waals surface area contributed by atoms with Gasteiger partial charge in [0.2, 0.25) is 0 Å². The van der Waals surface area contributed by atoms with Gasteiger partial charge in [0, 0.05) is 11.6 Å². The Balaban J connectivity index is 2.46. The molecule has 0 aliphatic heterocycles. The third-order valence-corrected chi connectivity index (χ3v) is 3.87. The zero-order valence-electron chi connectivity index (χ0n) is 9.22. The molecule has 1 atom stereocenters. The van der Waals surface area contributed by atoms with Gasteiger partial charge in [-0.05, 0) is 50.1 Å². The molecule has 0 saturated heterocycles. The third-order valence-electron chi connectivity index (χ3n) is 2.39. The fourth-order valence-corrected chi connectivity index (χ4v) is 2.50. The molecule has 0 N–H and O–H groups in total. The van der Waals surface area contributed by atoms with Crippen LogP contribution in [0, 0.1) is 5.82 Å². The van der Waals surface area contributed by atoms with Gasteiger partial charge in [0.05, 0.1) is 11.6 Å². The topological polar surface area (TPSA) is 22.4 Å². The molecule has 0 amide bonds. The summed E-state index contributed by atoms with van der Waals surface area (Å²) in [6, 6.07) is 6.36. The maximum absolute atomic E-state index is 13.4. The number of hydrogen-bond acceptors (Lipinski definition) is 2. The van der Waals surface area contributed by atoms with Gasteiger partial charge in [-0.3, -0.25) is 0 Å². The zero-order chi connectivity index (χ0) is 13.3. The summed E-state index contributed by atoms with van der Waals surface area (Å²) < 4.78 is 24.9. The van der Waals surface area contributed by atoms with Crippen LogP contribution in [0.2, 0.25) is 0 Å². The smallest absolute Gasteiger partial charge is 0.169 e. The van der Waals surface area contributed by atoms with Gasteiger partial charge in [0.15, 0.2) is 4.67 Å². The van der Waals surface area contributed by atoms with E-state index >= 15 is 0 Å². The van der Waals surface area contributed by atoms with Crippen molar-refractivity contribution in [3.8, 4) is 5.75 Å². The quantitative estimate of drug-likeness (QED) is 0.657. The maximum atomic E-state index is 13.4. The summed E-state index contributed by atoms with van der Waals surface area (Å²) in [4.78, 5) is 0. The van der Waals surface area contributed by atoms with E-state index in [0.717, 1.165) is 0 Å². The van der Waals surface area contributed by atoms with Crippen molar-refractivity contribution in [3.05, 3.63) is 50.5 Å². The van der Waals surface area contributed by atoms with Gasteiger partial charge >= 0.3 is 0 Å². The van der Waals surface area contributed by atoms with Crippen LogP contribution in [0.4, 0.5) is 4.39 Å². The largest absolute Gasteiger partial charge is 0.496 e. The van der Waals surface area contributed by atoms with Crippen LogP contribution >= 0.6 is 43.5 Å². The van der Waals surface area contributed by atoms with Crippen molar-refractivity contribution in [3.63, 3.8) is 0 Å². The van der Waals surface area contributed by atoms with Gasteiger partial charge in [-0.1, -0.05) is 0 Å². The van der Waals surface area contributed by atoms with Crippen LogP contribution in [0.15, 0.2) is 37.8 Å². The van der Waals surface area contributed by atoms with Gasteiger partial charge in [-0.2, -0.15) is 0 Å². The summed E-state index contributed by atoms with van der Waals surface area (Å²) in [5.74, 6) is 0.531. The number of benzene rings is 1. The minimum absolute atomic E-state index is 0.328. The van der Waals surface area contributed by atoms with E-state index in [9.17, 15) is 4.39 Å². The Bertz CT molecular complexity index is 571. The van der Waals surface area contributed by atoms with Crippen LogP contribution in [0.1, 0.15) is 16.7 Å². The van der Waals surface area contributed by atoms with E-state index in [-0.39, 0.29) is 0 Å². The number of alkyl halides is 1. The molecule has 0 saturated carbocycles. The van der Waals surface area contributed by atoms with Crippen molar-refractivity contribution >= 4 is 43.5 Å². The standard InChI is InChI=1S/C12H8Br2ClFO2/c1-17-10-5-8(16)7(13)4-6(10)12(15)9-2-3-11(14)18-9/h2-5,12H,1H3. The summed E-state index contributed by atoms with van der Waals surface area (Å²) >= 11 is 12.7. The fraction of sp³-hybridized carbons (Fsp3) is 0.167. The Morgan fingerprint density at radius 1 is 1.33 bits per heavy atom. The first-order valence-corrected chi connectivity index (χ1v) is 6.97. The van der Waals surface area contributed by atoms with Crippen molar-refractivity contribution in [2.24, 2.45) is 0 Å². The lowest BCUT2D eigenvalue weighted by Gasteiger charge is -2.13. The number of methoxy groups -OCH3 is 1. The first kappa shape index (κ1) is 13.9. The van der Waals surface area contributed by atoms with E-state index in [1.54, 1.807) is 18.2 Å². The number of ether oxygens (including phenoxy) is 1. The minimum atomic E-state index is -0.553. The number of hydrogen-bond donors (Lipinski definition) is 0. The summed E-state index contributed by atoms with van der Waals surface area (Å²) in [5, 5.41) is -0.553. The summed E-state index contributed by atoms with van der Waals surface area (Å²) in [5.41, 5.74) is 0.634. The lowest BCUT2D eigenvalue weighted by Crippen LogP contribution is -1.98. The van der Waals surface area contributed by atoms with Crippen molar-refractivity contribution in [2.45, 2.75) is 5.38 Å². The highest BCUT2D eigenvalue weighted by Crippen LogP contribution is 2.38. The molecule has 2 aromatic rings. The molecule has 96 valence electrons.